The number of rotatable bonds is 0. The third-order valence-corrected chi connectivity index (χ3v) is 4.60. The first-order valence-electron chi connectivity index (χ1n) is 8.02. The van der Waals surface area contributed by atoms with E-state index >= 15 is 0 Å². The molecule has 118 valence electrons. The van der Waals surface area contributed by atoms with Gasteiger partial charge in [0, 0.05) is 17.0 Å². The standard InChI is InChI=1S/C21H9N5/c22-10-16-17(11-23)26-21-19-15(6-3-9-24-19)14-8-7-12-4-1-2-5-13(12)18(14)20(21)25-16/h1-9H. The highest BCUT2D eigenvalue weighted by atomic mass is 14.9. The minimum atomic E-state index is 0.0199. The average Bonchev–Trinajstić information content (AvgIpc) is 2.72. The van der Waals surface area contributed by atoms with Crippen molar-refractivity contribution in [1.82, 2.24) is 15.0 Å². The third kappa shape index (κ3) is 1.80. The van der Waals surface area contributed by atoms with Gasteiger partial charge < -0.3 is 0 Å². The van der Waals surface area contributed by atoms with Crippen molar-refractivity contribution in [1.29, 1.82) is 10.5 Å². The Hall–Kier alpha value is -4.09. The quantitative estimate of drug-likeness (QED) is 0.396. The largest absolute Gasteiger partial charge is 0.254 e. The van der Waals surface area contributed by atoms with Gasteiger partial charge in [0.05, 0.1) is 5.52 Å². The van der Waals surface area contributed by atoms with Crippen LogP contribution in [0.1, 0.15) is 11.4 Å². The van der Waals surface area contributed by atoms with Crippen molar-refractivity contribution in [2.45, 2.75) is 0 Å². The van der Waals surface area contributed by atoms with E-state index in [0.29, 0.717) is 16.6 Å². The molecule has 2 aromatic heterocycles. The lowest BCUT2D eigenvalue weighted by molar-refractivity contribution is 1.20. The van der Waals surface area contributed by atoms with E-state index < -0.39 is 0 Å². The highest BCUT2D eigenvalue weighted by Crippen LogP contribution is 2.36. The predicted octanol–water partition coefficient (Wildman–Crippen LogP) is 4.23. The van der Waals surface area contributed by atoms with Crippen molar-refractivity contribution in [3.8, 4) is 12.1 Å². The maximum Gasteiger partial charge on any atom is 0.177 e. The van der Waals surface area contributed by atoms with E-state index in [1.807, 2.05) is 54.6 Å². The van der Waals surface area contributed by atoms with Gasteiger partial charge in [-0.3, -0.25) is 4.98 Å². The van der Waals surface area contributed by atoms with E-state index in [1.165, 1.54) is 0 Å². The van der Waals surface area contributed by atoms with Gasteiger partial charge in [0.1, 0.15) is 23.2 Å². The number of hydrogen-bond donors (Lipinski definition) is 0. The number of benzene rings is 3. The van der Waals surface area contributed by atoms with E-state index in [-0.39, 0.29) is 11.4 Å². The molecule has 5 nitrogen and oxygen atoms in total. The maximum atomic E-state index is 9.39. The van der Waals surface area contributed by atoms with Crippen LogP contribution in [0.25, 0.3) is 43.5 Å². The Balaban J connectivity index is 2.20. The van der Waals surface area contributed by atoms with Crippen molar-refractivity contribution in [2.24, 2.45) is 0 Å². The number of nitrogens with zero attached hydrogens (tertiary/aromatic N) is 5. The first-order valence-corrected chi connectivity index (χ1v) is 8.02. The smallest absolute Gasteiger partial charge is 0.177 e. The molecule has 0 fully saturated rings. The first-order chi connectivity index (χ1) is 12.8. The van der Waals surface area contributed by atoms with Gasteiger partial charge >= 0.3 is 0 Å². The number of fused-ring (bicyclic) bond motifs is 8. The van der Waals surface area contributed by atoms with Gasteiger partial charge in [-0.2, -0.15) is 10.5 Å². The fourth-order valence-electron chi connectivity index (χ4n) is 3.49. The van der Waals surface area contributed by atoms with Crippen LogP contribution in [0.15, 0.2) is 54.7 Å². The van der Waals surface area contributed by atoms with Crippen LogP contribution in [-0.2, 0) is 0 Å². The topological polar surface area (TPSA) is 86.2 Å². The summed E-state index contributed by atoms with van der Waals surface area (Å²) < 4.78 is 0. The summed E-state index contributed by atoms with van der Waals surface area (Å²) in [4.78, 5) is 13.4. The Bertz CT molecular complexity index is 1450. The molecule has 0 atom stereocenters. The molecule has 0 aliphatic rings. The Morgan fingerprint density at radius 3 is 2.19 bits per heavy atom. The van der Waals surface area contributed by atoms with E-state index in [2.05, 4.69) is 21.0 Å². The van der Waals surface area contributed by atoms with Crippen LogP contribution in [0.3, 0.4) is 0 Å². The zero-order valence-corrected chi connectivity index (χ0v) is 13.4. The molecule has 2 heterocycles. The van der Waals surface area contributed by atoms with Crippen LogP contribution in [0, 0.1) is 22.7 Å². The Morgan fingerprint density at radius 1 is 0.654 bits per heavy atom. The zero-order valence-electron chi connectivity index (χ0n) is 13.4. The van der Waals surface area contributed by atoms with E-state index in [9.17, 15) is 10.5 Å². The van der Waals surface area contributed by atoms with Crippen molar-refractivity contribution >= 4 is 43.5 Å². The minimum Gasteiger partial charge on any atom is -0.254 e. The summed E-state index contributed by atoms with van der Waals surface area (Å²) in [5.74, 6) is 0. The van der Waals surface area contributed by atoms with E-state index in [0.717, 1.165) is 26.9 Å². The SMILES string of the molecule is N#Cc1nc2c3ncccc3c3ccc4ccccc4c3c2nc1C#N. The number of aromatic nitrogens is 3. The summed E-state index contributed by atoms with van der Waals surface area (Å²) in [7, 11) is 0. The molecule has 0 bridgehead atoms. The second-order valence-corrected chi connectivity index (χ2v) is 5.95. The van der Waals surface area contributed by atoms with Gasteiger partial charge in [-0.25, -0.2) is 9.97 Å². The minimum absolute atomic E-state index is 0.0199. The molecule has 0 amide bonds. The molecule has 0 N–H and O–H groups in total. The maximum absolute atomic E-state index is 9.39. The number of pyridine rings is 1. The Morgan fingerprint density at radius 2 is 1.38 bits per heavy atom. The second kappa shape index (κ2) is 5.20. The van der Waals surface area contributed by atoms with Crippen LogP contribution in [0.4, 0.5) is 0 Å². The molecule has 5 rings (SSSR count). The van der Waals surface area contributed by atoms with Gasteiger partial charge in [-0.05, 0) is 22.2 Å². The predicted molar refractivity (Wildman–Crippen MR) is 99.3 cm³/mol. The van der Waals surface area contributed by atoms with Crippen molar-refractivity contribution in [3.63, 3.8) is 0 Å². The van der Waals surface area contributed by atoms with E-state index in [4.69, 9.17) is 0 Å². The molecule has 0 saturated carbocycles. The monoisotopic (exact) mass is 331 g/mol. The molecular weight excluding hydrogens is 322 g/mol. The van der Waals surface area contributed by atoms with Crippen molar-refractivity contribution in [3.05, 3.63) is 66.1 Å². The van der Waals surface area contributed by atoms with Crippen LogP contribution in [-0.4, -0.2) is 15.0 Å². The van der Waals surface area contributed by atoms with Gasteiger partial charge in [0.2, 0.25) is 0 Å². The summed E-state index contributed by atoms with van der Waals surface area (Å²) in [6, 6.07) is 20.0. The van der Waals surface area contributed by atoms with Gasteiger partial charge in [0.15, 0.2) is 11.4 Å². The molecule has 5 heteroatoms. The molecular formula is C21H9N5. The molecule has 5 aromatic rings. The number of nitriles is 2. The van der Waals surface area contributed by atoms with Crippen LogP contribution in [0.2, 0.25) is 0 Å². The lowest BCUT2D eigenvalue weighted by atomic mass is 9.97. The Kier molecular flexibility index (Phi) is 2.86. The van der Waals surface area contributed by atoms with Crippen molar-refractivity contribution in [2.75, 3.05) is 0 Å². The fourth-order valence-corrected chi connectivity index (χ4v) is 3.49. The lowest BCUT2D eigenvalue weighted by Crippen LogP contribution is -1.98. The molecule has 0 spiro atoms. The van der Waals surface area contributed by atoms with Crippen LogP contribution in [0.5, 0.6) is 0 Å². The molecule has 0 aliphatic carbocycles. The summed E-state index contributed by atoms with van der Waals surface area (Å²) >= 11 is 0. The normalized spacial score (nSPS) is 11.0. The van der Waals surface area contributed by atoms with Crippen LogP contribution >= 0.6 is 0 Å². The summed E-state index contributed by atoms with van der Waals surface area (Å²) in [5, 5.41) is 23.7. The highest BCUT2D eigenvalue weighted by Gasteiger charge is 2.17. The fraction of sp³-hybridized carbons (Fsp3) is 0. The summed E-state index contributed by atoms with van der Waals surface area (Å²) in [6.07, 6.45) is 1.70. The average molecular weight is 331 g/mol. The third-order valence-electron chi connectivity index (χ3n) is 4.60. The molecule has 0 aliphatic heterocycles. The molecule has 0 unspecified atom stereocenters. The second-order valence-electron chi connectivity index (χ2n) is 5.95. The highest BCUT2D eigenvalue weighted by molar-refractivity contribution is 6.28. The zero-order chi connectivity index (χ0) is 17.7. The molecule has 3 aromatic carbocycles. The first kappa shape index (κ1) is 14.3. The summed E-state index contributed by atoms with van der Waals surface area (Å²) in [5.41, 5.74) is 1.87. The van der Waals surface area contributed by atoms with Gasteiger partial charge in [-0.1, -0.05) is 42.5 Å². The number of hydrogen-bond acceptors (Lipinski definition) is 5. The summed E-state index contributed by atoms with van der Waals surface area (Å²) in [6.45, 7) is 0. The Labute approximate surface area is 147 Å². The molecule has 0 saturated heterocycles. The van der Waals surface area contributed by atoms with Crippen LogP contribution < -0.4 is 0 Å². The van der Waals surface area contributed by atoms with Gasteiger partial charge in [-0.15, -0.1) is 0 Å². The lowest BCUT2D eigenvalue weighted by Gasteiger charge is -2.11. The van der Waals surface area contributed by atoms with Gasteiger partial charge in [0.25, 0.3) is 0 Å². The molecule has 0 radical (unpaired) electrons. The van der Waals surface area contributed by atoms with Crippen molar-refractivity contribution < 1.29 is 0 Å². The van der Waals surface area contributed by atoms with E-state index in [1.54, 1.807) is 6.20 Å². The molecule has 26 heavy (non-hydrogen) atoms.